The molecular weight excluding hydrogens is 252 g/mol. The van der Waals surface area contributed by atoms with Gasteiger partial charge in [-0.15, -0.1) is 0 Å². The van der Waals surface area contributed by atoms with Gasteiger partial charge in [0, 0.05) is 18.6 Å². The normalized spacial score (nSPS) is 25.6. The number of carbonyl (C=O) groups excluding carboxylic acids is 1. The van der Waals surface area contributed by atoms with E-state index < -0.39 is 5.54 Å². The summed E-state index contributed by atoms with van der Waals surface area (Å²) in [6.07, 6.45) is 7.34. The van der Waals surface area contributed by atoms with E-state index in [4.69, 9.17) is 4.74 Å². The molecule has 0 amide bonds. The van der Waals surface area contributed by atoms with Gasteiger partial charge in [-0.3, -0.25) is 10.2 Å². The maximum absolute atomic E-state index is 12.7. The third kappa shape index (κ3) is 3.01. The van der Waals surface area contributed by atoms with E-state index in [0.717, 1.165) is 13.1 Å². The zero-order chi connectivity index (χ0) is 14.2. The Labute approximate surface area is 122 Å². The number of nitrogens with zero attached hydrogens (tertiary/aromatic N) is 1. The van der Waals surface area contributed by atoms with Gasteiger partial charge in [0.25, 0.3) is 0 Å². The summed E-state index contributed by atoms with van der Waals surface area (Å²) in [5.74, 6) is 0.475. The predicted molar refractivity (Wildman–Crippen MR) is 78.5 cm³/mol. The predicted octanol–water partition coefficient (Wildman–Crippen LogP) is 1.93. The average molecular weight is 280 g/mol. The van der Waals surface area contributed by atoms with Crippen LogP contribution in [0.5, 0.6) is 0 Å². The number of nitrogens with one attached hydrogen (secondary N) is 1. The lowest BCUT2D eigenvalue weighted by Gasteiger charge is -2.37. The summed E-state index contributed by atoms with van der Waals surface area (Å²) in [5, 5.41) is 3.68. The van der Waals surface area contributed by atoms with Crippen molar-refractivity contribution in [2.24, 2.45) is 5.92 Å². The Hall–Kier alpha value is -0.610. The number of ether oxygens (including phenoxy) is 1. The van der Waals surface area contributed by atoms with Gasteiger partial charge < -0.3 is 4.74 Å². The molecule has 1 unspecified atom stereocenters. The first-order valence-electron chi connectivity index (χ1n) is 8.38. The van der Waals surface area contributed by atoms with Crippen molar-refractivity contribution < 1.29 is 9.53 Å². The van der Waals surface area contributed by atoms with Crippen molar-refractivity contribution in [2.45, 2.75) is 70.0 Å². The van der Waals surface area contributed by atoms with E-state index in [1.54, 1.807) is 0 Å². The minimum Gasteiger partial charge on any atom is -0.465 e. The molecule has 3 saturated carbocycles. The number of likely N-dealkylation sites (N-methyl/N-ethyl adjacent to an activating group) is 1. The highest BCUT2D eigenvalue weighted by Gasteiger charge is 2.55. The smallest absolute Gasteiger partial charge is 0.327 e. The third-order valence-electron chi connectivity index (χ3n) is 4.87. The molecule has 0 saturated heterocycles. The lowest BCUT2D eigenvalue weighted by atomic mass is 9.91. The molecule has 0 bridgehead atoms. The van der Waals surface area contributed by atoms with E-state index >= 15 is 0 Å². The fraction of sp³-hybridized carbons (Fsp3) is 0.938. The van der Waals surface area contributed by atoms with Crippen molar-refractivity contribution in [1.82, 2.24) is 10.2 Å². The van der Waals surface area contributed by atoms with Crippen molar-refractivity contribution in [1.29, 1.82) is 0 Å². The summed E-state index contributed by atoms with van der Waals surface area (Å²) in [6, 6.07) is 1.24. The summed E-state index contributed by atoms with van der Waals surface area (Å²) >= 11 is 0. The van der Waals surface area contributed by atoms with Crippen LogP contribution in [0, 0.1) is 5.92 Å². The SMILES string of the molecule is CCOC(=O)C(CN(CC)C1CC1)(NC1CC1)C1CC1. The molecule has 114 valence electrons. The molecule has 20 heavy (non-hydrogen) atoms. The van der Waals surface area contributed by atoms with Crippen LogP contribution in [0.15, 0.2) is 0 Å². The molecule has 0 aromatic heterocycles. The summed E-state index contributed by atoms with van der Waals surface area (Å²) in [5.41, 5.74) is -0.435. The van der Waals surface area contributed by atoms with E-state index in [-0.39, 0.29) is 5.97 Å². The second-order valence-electron chi connectivity index (χ2n) is 6.68. The number of carbonyl (C=O) groups is 1. The molecule has 0 aliphatic heterocycles. The molecular formula is C16H28N2O2. The molecule has 0 aromatic carbocycles. The highest BCUT2D eigenvalue weighted by molar-refractivity contribution is 5.82. The average Bonchev–Trinajstić information content (AvgIpc) is 3.30. The topological polar surface area (TPSA) is 41.6 Å². The Kier molecular flexibility index (Phi) is 4.04. The van der Waals surface area contributed by atoms with Gasteiger partial charge in [-0.1, -0.05) is 6.92 Å². The minimum atomic E-state index is -0.435. The Morgan fingerprint density at radius 3 is 2.35 bits per heavy atom. The highest BCUT2D eigenvalue weighted by atomic mass is 16.5. The fourth-order valence-electron chi connectivity index (χ4n) is 3.27. The minimum absolute atomic E-state index is 0.00602. The van der Waals surface area contributed by atoms with Crippen LogP contribution in [-0.2, 0) is 9.53 Å². The lowest BCUT2D eigenvalue weighted by molar-refractivity contribution is -0.153. The van der Waals surface area contributed by atoms with Gasteiger partial charge in [0.2, 0.25) is 0 Å². The zero-order valence-electron chi connectivity index (χ0n) is 12.9. The molecule has 0 radical (unpaired) electrons. The molecule has 3 fully saturated rings. The first-order chi connectivity index (χ1) is 9.69. The molecule has 4 heteroatoms. The quantitative estimate of drug-likeness (QED) is 0.655. The third-order valence-corrected chi connectivity index (χ3v) is 4.87. The van der Waals surface area contributed by atoms with Crippen LogP contribution in [0.3, 0.4) is 0 Å². The fourth-order valence-corrected chi connectivity index (χ4v) is 3.27. The Bertz CT molecular complexity index is 361. The second-order valence-corrected chi connectivity index (χ2v) is 6.68. The Morgan fingerprint density at radius 2 is 1.90 bits per heavy atom. The number of hydrogen-bond acceptors (Lipinski definition) is 4. The molecule has 4 nitrogen and oxygen atoms in total. The van der Waals surface area contributed by atoms with Crippen molar-refractivity contribution in [2.75, 3.05) is 19.7 Å². The first-order valence-corrected chi connectivity index (χ1v) is 8.38. The van der Waals surface area contributed by atoms with E-state index in [9.17, 15) is 4.79 Å². The van der Waals surface area contributed by atoms with Crippen LogP contribution >= 0.6 is 0 Å². The molecule has 1 atom stereocenters. The van der Waals surface area contributed by atoms with Gasteiger partial charge in [0.15, 0.2) is 0 Å². The van der Waals surface area contributed by atoms with Crippen molar-refractivity contribution >= 4 is 5.97 Å². The molecule has 0 aromatic rings. The van der Waals surface area contributed by atoms with Gasteiger partial charge in [-0.25, -0.2) is 4.79 Å². The number of esters is 1. The van der Waals surface area contributed by atoms with E-state index in [0.29, 0.717) is 24.6 Å². The highest BCUT2D eigenvalue weighted by Crippen LogP contribution is 2.44. The summed E-state index contributed by atoms with van der Waals surface area (Å²) in [4.78, 5) is 15.2. The van der Waals surface area contributed by atoms with Gasteiger partial charge in [-0.05, 0) is 57.9 Å². The molecule has 3 rings (SSSR count). The summed E-state index contributed by atoms with van der Waals surface area (Å²) in [7, 11) is 0. The van der Waals surface area contributed by atoms with Crippen LogP contribution in [0.4, 0.5) is 0 Å². The largest absolute Gasteiger partial charge is 0.465 e. The van der Waals surface area contributed by atoms with E-state index in [1.807, 2.05) is 6.92 Å². The monoisotopic (exact) mass is 280 g/mol. The van der Waals surface area contributed by atoms with Crippen LogP contribution in [0.2, 0.25) is 0 Å². The van der Waals surface area contributed by atoms with Crippen LogP contribution in [0.25, 0.3) is 0 Å². The molecule has 3 aliphatic carbocycles. The standard InChI is InChI=1S/C16H28N2O2/c1-3-18(14-9-10-14)11-16(12-5-6-12,15(19)20-4-2)17-13-7-8-13/h12-14,17H,3-11H2,1-2H3. The zero-order valence-corrected chi connectivity index (χ0v) is 12.9. The Balaban J connectivity index is 1.77. The van der Waals surface area contributed by atoms with E-state index in [2.05, 4.69) is 17.1 Å². The van der Waals surface area contributed by atoms with Crippen molar-refractivity contribution in [3.8, 4) is 0 Å². The second kappa shape index (κ2) is 5.64. The van der Waals surface area contributed by atoms with Gasteiger partial charge in [0.05, 0.1) is 6.61 Å². The van der Waals surface area contributed by atoms with Gasteiger partial charge in [-0.2, -0.15) is 0 Å². The number of rotatable bonds is 9. The molecule has 0 heterocycles. The van der Waals surface area contributed by atoms with Gasteiger partial charge in [0.1, 0.15) is 5.54 Å². The maximum Gasteiger partial charge on any atom is 0.327 e. The maximum atomic E-state index is 12.7. The van der Waals surface area contributed by atoms with Gasteiger partial charge >= 0.3 is 5.97 Å². The van der Waals surface area contributed by atoms with E-state index in [1.165, 1.54) is 38.5 Å². The molecule has 0 spiro atoms. The molecule has 3 aliphatic rings. The number of hydrogen-bond donors (Lipinski definition) is 1. The van der Waals surface area contributed by atoms with Crippen molar-refractivity contribution in [3.05, 3.63) is 0 Å². The summed E-state index contributed by atoms with van der Waals surface area (Å²) < 4.78 is 5.45. The molecule has 1 N–H and O–H groups in total. The van der Waals surface area contributed by atoms with Crippen LogP contribution in [-0.4, -0.2) is 48.2 Å². The lowest BCUT2D eigenvalue weighted by Crippen LogP contribution is -2.62. The van der Waals surface area contributed by atoms with Crippen LogP contribution < -0.4 is 5.32 Å². The van der Waals surface area contributed by atoms with Crippen molar-refractivity contribution in [3.63, 3.8) is 0 Å². The summed E-state index contributed by atoms with van der Waals surface area (Å²) in [6.45, 7) is 6.47. The first kappa shape index (κ1) is 14.3. The Morgan fingerprint density at radius 1 is 1.20 bits per heavy atom. The van der Waals surface area contributed by atoms with Crippen LogP contribution in [0.1, 0.15) is 52.4 Å².